The van der Waals surface area contributed by atoms with Gasteiger partial charge in [-0.1, -0.05) is 28.1 Å². The van der Waals surface area contributed by atoms with Gasteiger partial charge in [0.05, 0.1) is 25.2 Å². The van der Waals surface area contributed by atoms with E-state index in [1.807, 2.05) is 36.4 Å². The number of carbonyl (C=O) groups excluding carboxylic acids is 1. The number of aromatic nitrogens is 2. The Morgan fingerprint density at radius 1 is 1.04 bits per heavy atom. The van der Waals surface area contributed by atoms with Crippen LogP contribution in [0.3, 0.4) is 0 Å². The first-order valence-corrected chi connectivity index (χ1v) is 8.24. The van der Waals surface area contributed by atoms with Crippen LogP contribution in [0.15, 0.2) is 65.4 Å². The molecule has 0 fully saturated rings. The smallest absolute Gasteiger partial charge is 0.275 e. The summed E-state index contributed by atoms with van der Waals surface area (Å²) < 4.78 is 6.22. The molecule has 6 nitrogen and oxygen atoms in total. The molecular formula is C18H15BrN4O2. The Morgan fingerprint density at radius 2 is 1.80 bits per heavy atom. The molecule has 0 saturated carbocycles. The monoisotopic (exact) mass is 398 g/mol. The molecule has 2 aromatic carbocycles. The van der Waals surface area contributed by atoms with Gasteiger partial charge in [-0.2, -0.15) is 0 Å². The minimum absolute atomic E-state index is 0.230. The molecular weight excluding hydrogens is 384 g/mol. The third-order valence-electron chi connectivity index (χ3n) is 3.36. The Balaban J connectivity index is 1.69. The van der Waals surface area contributed by atoms with E-state index in [1.165, 1.54) is 12.4 Å². The first-order valence-electron chi connectivity index (χ1n) is 7.45. The van der Waals surface area contributed by atoms with E-state index < -0.39 is 0 Å². The Bertz CT molecular complexity index is 867. The molecule has 3 rings (SSSR count). The number of rotatable bonds is 5. The molecule has 1 heterocycles. The van der Waals surface area contributed by atoms with Crippen LogP contribution in [0.1, 0.15) is 10.5 Å². The molecule has 0 saturated heterocycles. The van der Waals surface area contributed by atoms with Gasteiger partial charge >= 0.3 is 0 Å². The highest BCUT2D eigenvalue weighted by molar-refractivity contribution is 9.10. The van der Waals surface area contributed by atoms with E-state index in [9.17, 15) is 4.79 Å². The molecule has 126 valence electrons. The predicted octanol–water partition coefficient (Wildman–Crippen LogP) is 4.24. The minimum atomic E-state index is -0.321. The van der Waals surface area contributed by atoms with E-state index in [-0.39, 0.29) is 11.6 Å². The van der Waals surface area contributed by atoms with Gasteiger partial charge in [0, 0.05) is 10.2 Å². The number of methoxy groups -OCH3 is 1. The summed E-state index contributed by atoms with van der Waals surface area (Å²) in [5, 5.41) is 5.88. The fraction of sp³-hybridized carbons (Fsp3) is 0.0556. The maximum absolute atomic E-state index is 12.2. The Morgan fingerprint density at radius 3 is 2.48 bits per heavy atom. The minimum Gasteiger partial charge on any atom is -0.495 e. The van der Waals surface area contributed by atoms with Crippen LogP contribution in [0.4, 0.5) is 17.2 Å². The molecule has 0 spiro atoms. The van der Waals surface area contributed by atoms with E-state index in [0.717, 1.165) is 10.2 Å². The number of hydrogen-bond acceptors (Lipinski definition) is 5. The summed E-state index contributed by atoms with van der Waals surface area (Å²) in [7, 11) is 1.60. The van der Waals surface area contributed by atoms with E-state index in [1.54, 1.807) is 19.2 Å². The van der Waals surface area contributed by atoms with E-state index in [0.29, 0.717) is 17.3 Å². The fourth-order valence-corrected chi connectivity index (χ4v) is 2.39. The van der Waals surface area contributed by atoms with Crippen LogP contribution >= 0.6 is 15.9 Å². The first kappa shape index (κ1) is 16.9. The summed E-state index contributed by atoms with van der Waals surface area (Å²) in [6, 6.07) is 14.8. The van der Waals surface area contributed by atoms with Gasteiger partial charge in [-0.15, -0.1) is 0 Å². The highest BCUT2D eigenvalue weighted by Gasteiger charge is 2.09. The zero-order valence-corrected chi connectivity index (χ0v) is 14.9. The van der Waals surface area contributed by atoms with Crippen molar-refractivity contribution in [3.8, 4) is 5.75 Å². The molecule has 1 aromatic heterocycles. The summed E-state index contributed by atoms with van der Waals surface area (Å²) in [6.45, 7) is 0. The SMILES string of the molecule is COc1ccccc1Nc1cnc(C(=O)Nc2ccc(Br)cc2)cn1. The standard InChI is InChI=1S/C18H15BrN4O2/c1-25-16-5-3-2-4-14(16)23-17-11-20-15(10-21-17)18(24)22-13-8-6-12(19)7-9-13/h2-11H,1H3,(H,21,23)(H,22,24). The maximum atomic E-state index is 12.2. The number of ether oxygens (including phenoxy) is 1. The van der Waals surface area contributed by atoms with Crippen molar-refractivity contribution in [2.75, 3.05) is 17.7 Å². The average Bonchev–Trinajstić information content (AvgIpc) is 2.64. The topological polar surface area (TPSA) is 76.1 Å². The first-order chi connectivity index (χ1) is 12.2. The molecule has 2 N–H and O–H groups in total. The zero-order valence-electron chi connectivity index (χ0n) is 13.4. The zero-order chi connectivity index (χ0) is 17.6. The molecule has 7 heteroatoms. The molecule has 0 aliphatic carbocycles. The number of nitrogens with zero attached hydrogens (tertiary/aromatic N) is 2. The van der Waals surface area contributed by atoms with E-state index in [4.69, 9.17) is 4.74 Å². The van der Waals surface area contributed by atoms with Gasteiger partial charge in [-0.3, -0.25) is 4.79 Å². The quantitative estimate of drug-likeness (QED) is 0.671. The van der Waals surface area contributed by atoms with Gasteiger partial charge < -0.3 is 15.4 Å². The molecule has 0 aliphatic rings. The van der Waals surface area contributed by atoms with Crippen LogP contribution in [0.25, 0.3) is 0 Å². The average molecular weight is 399 g/mol. The van der Waals surface area contributed by atoms with Gasteiger partial charge in [0.25, 0.3) is 5.91 Å². The number of anilines is 3. The van der Waals surface area contributed by atoms with Crippen LogP contribution in [0.5, 0.6) is 5.75 Å². The van der Waals surface area contributed by atoms with Crippen molar-refractivity contribution in [2.24, 2.45) is 0 Å². The molecule has 0 radical (unpaired) electrons. The normalized spacial score (nSPS) is 10.2. The van der Waals surface area contributed by atoms with Crippen LogP contribution in [-0.4, -0.2) is 23.0 Å². The molecule has 0 unspecified atom stereocenters. The summed E-state index contributed by atoms with van der Waals surface area (Å²) in [6.07, 6.45) is 2.93. The molecule has 25 heavy (non-hydrogen) atoms. The molecule has 0 aliphatic heterocycles. The van der Waals surface area contributed by atoms with Crippen LogP contribution in [0.2, 0.25) is 0 Å². The number of benzene rings is 2. The van der Waals surface area contributed by atoms with Crippen LogP contribution < -0.4 is 15.4 Å². The molecule has 0 bridgehead atoms. The number of nitrogens with one attached hydrogen (secondary N) is 2. The summed E-state index contributed by atoms with van der Waals surface area (Å²) in [4.78, 5) is 20.6. The summed E-state index contributed by atoms with van der Waals surface area (Å²) >= 11 is 3.35. The largest absolute Gasteiger partial charge is 0.495 e. The highest BCUT2D eigenvalue weighted by atomic mass is 79.9. The van der Waals surface area contributed by atoms with Crippen molar-refractivity contribution in [3.63, 3.8) is 0 Å². The lowest BCUT2D eigenvalue weighted by molar-refractivity contribution is 0.102. The van der Waals surface area contributed by atoms with Gasteiger partial charge in [-0.05, 0) is 36.4 Å². The second-order valence-corrected chi connectivity index (χ2v) is 5.99. The second-order valence-electron chi connectivity index (χ2n) is 5.07. The summed E-state index contributed by atoms with van der Waals surface area (Å²) in [5.41, 5.74) is 1.69. The predicted molar refractivity (Wildman–Crippen MR) is 100 cm³/mol. The Labute approximate surface area is 153 Å². The van der Waals surface area contributed by atoms with Crippen LogP contribution in [-0.2, 0) is 0 Å². The van der Waals surface area contributed by atoms with Crippen molar-refractivity contribution in [1.29, 1.82) is 0 Å². The fourth-order valence-electron chi connectivity index (χ4n) is 2.12. The Hall–Kier alpha value is -2.93. The maximum Gasteiger partial charge on any atom is 0.275 e. The number of halogens is 1. The van der Waals surface area contributed by atoms with Gasteiger partial charge in [0.1, 0.15) is 17.3 Å². The van der Waals surface area contributed by atoms with Gasteiger partial charge in [0.2, 0.25) is 0 Å². The van der Waals surface area contributed by atoms with Crippen molar-refractivity contribution >= 4 is 39.0 Å². The third-order valence-corrected chi connectivity index (χ3v) is 3.88. The van der Waals surface area contributed by atoms with E-state index >= 15 is 0 Å². The van der Waals surface area contributed by atoms with Crippen molar-refractivity contribution in [3.05, 3.63) is 71.1 Å². The van der Waals surface area contributed by atoms with Crippen molar-refractivity contribution in [2.45, 2.75) is 0 Å². The number of hydrogen-bond donors (Lipinski definition) is 2. The van der Waals surface area contributed by atoms with E-state index in [2.05, 4.69) is 36.5 Å². The molecule has 0 atom stereocenters. The Kier molecular flexibility index (Phi) is 5.25. The highest BCUT2D eigenvalue weighted by Crippen LogP contribution is 2.25. The number of carbonyl (C=O) groups is 1. The number of para-hydroxylation sites is 2. The van der Waals surface area contributed by atoms with Crippen molar-refractivity contribution < 1.29 is 9.53 Å². The van der Waals surface area contributed by atoms with Crippen LogP contribution in [0, 0.1) is 0 Å². The number of amides is 1. The summed E-state index contributed by atoms with van der Waals surface area (Å²) in [5.74, 6) is 0.893. The van der Waals surface area contributed by atoms with Crippen molar-refractivity contribution in [1.82, 2.24) is 9.97 Å². The molecule has 1 amide bonds. The second kappa shape index (κ2) is 7.76. The van der Waals surface area contributed by atoms with Gasteiger partial charge in [-0.25, -0.2) is 9.97 Å². The lowest BCUT2D eigenvalue weighted by Crippen LogP contribution is -2.14. The lowest BCUT2D eigenvalue weighted by atomic mass is 10.3. The molecule has 3 aromatic rings. The lowest BCUT2D eigenvalue weighted by Gasteiger charge is -2.10. The van der Waals surface area contributed by atoms with Gasteiger partial charge in [0.15, 0.2) is 0 Å². The third kappa shape index (κ3) is 4.33.